The van der Waals surface area contributed by atoms with E-state index >= 15 is 0 Å². The predicted molar refractivity (Wildman–Crippen MR) is 79.3 cm³/mol. The first kappa shape index (κ1) is 13.9. The van der Waals surface area contributed by atoms with Gasteiger partial charge in [-0.1, -0.05) is 6.42 Å². The SMILES string of the molecule is CNc1ccc(C(=O)NC2CC3CCC2C3)cc1[N+](=O)[O-]. The quantitative estimate of drug-likeness (QED) is 0.659. The lowest BCUT2D eigenvalue weighted by atomic mass is 9.95. The van der Waals surface area contributed by atoms with Crippen molar-refractivity contribution in [1.82, 2.24) is 5.32 Å². The molecule has 0 saturated heterocycles. The molecule has 1 aromatic rings. The summed E-state index contributed by atoms with van der Waals surface area (Å²) in [6.07, 6.45) is 4.73. The summed E-state index contributed by atoms with van der Waals surface area (Å²) in [5.41, 5.74) is 0.693. The van der Waals surface area contributed by atoms with Crippen LogP contribution in [0.4, 0.5) is 11.4 Å². The summed E-state index contributed by atoms with van der Waals surface area (Å²) in [4.78, 5) is 22.9. The smallest absolute Gasteiger partial charge is 0.293 e. The van der Waals surface area contributed by atoms with Gasteiger partial charge in [0.2, 0.25) is 0 Å². The molecule has 0 aromatic heterocycles. The molecule has 0 aliphatic heterocycles. The minimum Gasteiger partial charge on any atom is -0.383 e. The van der Waals surface area contributed by atoms with Crippen LogP contribution >= 0.6 is 0 Å². The zero-order valence-corrected chi connectivity index (χ0v) is 12.0. The van der Waals surface area contributed by atoms with Crippen LogP contribution in [0.1, 0.15) is 36.0 Å². The fourth-order valence-corrected chi connectivity index (χ4v) is 3.71. The molecule has 2 saturated carbocycles. The van der Waals surface area contributed by atoms with Gasteiger partial charge in [0, 0.05) is 24.7 Å². The molecule has 2 N–H and O–H groups in total. The molecule has 3 unspecified atom stereocenters. The van der Waals surface area contributed by atoms with E-state index in [0.29, 0.717) is 17.2 Å². The van der Waals surface area contributed by atoms with Gasteiger partial charge in [0.25, 0.3) is 11.6 Å². The molecule has 2 aliphatic carbocycles. The van der Waals surface area contributed by atoms with Gasteiger partial charge in [-0.3, -0.25) is 14.9 Å². The van der Waals surface area contributed by atoms with E-state index in [1.807, 2.05) is 0 Å². The van der Waals surface area contributed by atoms with Crippen molar-refractivity contribution in [1.29, 1.82) is 0 Å². The van der Waals surface area contributed by atoms with Crippen LogP contribution in [0.25, 0.3) is 0 Å². The van der Waals surface area contributed by atoms with Gasteiger partial charge < -0.3 is 10.6 Å². The number of nitro benzene ring substituents is 1. The fraction of sp³-hybridized carbons (Fsp3) is 0.533. The lowest BCUT2D eigenvalue weighted by molar-refractivity contribution is -0.384. The Hall–Kier alpha value is -2.11. The molecule has 0 heterocycles. The van der Waals surface area contributed by atoms with Crippen molar-refractivity contribution < 1.29 is 9.72 Å². The first-order valence-corrected chi connectivity index (χ1v) is 7.35. The van der Waals surface area contributed by atoms with E-state index in [2.05, 4.69) is 10.6 Å². The van der Waals surface area contributed by atoms with Crippen molar-refractivity contribution in [2.24, 2.45) is 11.8 Å². The van der Waals surface area contributed by atoms with Crippen molar-refractivity contribution >= 4 is 17.3 Å². The van der Waals surface area contributed by atoms with Gasteiger partial charge in [0.15, 0.2) is 0 Å². The van der Waals surface area contributed by atoms with Crippen LogP contribution in [0.3, 0.4) is 0 Å². The Morgan fingerprint density at radius 3 is 2.71 bits per heavy atom. The number of fused-ring (bicyclic) bond motifs is 2. The normalized spacial score (nSPS) is 26.6. The second-order valence-corrected chi connectivity index (χ2v) is 5.99. The van der Waals surface area contributed by atoms with E-state index in [4.69, 9.17) is 0 Å². The number of rotatable bonds is 4. The van der Waals surface area contributed by atoms with Gasteiger partial charge in [-0.25, -0.2) is 0 Å². The Kier molecular flexibility index (Phi) is 3.53. The van der Waals surface area contributed by atoms with Crippen LogP contribution in [-0.2, 0) is 0 Å². The summed E-state index contributed by atoms with van der Waals surface area (Å²) in [5.74, 6) is 1.13. The number of carbonyl (C=O) groups excluding carboxylic acids is 1. The van der Waals surface area contributed by atoms with E-state index < -0.39 is 4.92 Å². The number of nitrogens with one attached hydrogen (secondary N) is 2. The average Bonchev–Trinajstić information content (AvgIpc) is 3.09. The van der Waals surface area contributed by atoms with Crippen molar-refractivity contribution in [3.05, 3.63) is 33.9 Å². The maximum absolute atomic E-state index is 12.3. The van der Waals surface area contributed by atoms with E-state index in [1.165, 1.54) is 25.3 Å². The van der Waals surface area contributed by atoms with Crippen LogP contribution in [0, 0.1) is 22.0 Å². The maximum Gasteiger partial charge on any atom is 0.293 e. The highest BCUT2D eigenvalue weighted by atomic mass is 16.6. The zero-order valence-electron chi connectivity index (χ0n) is 12.0. The molecule has 6 nitrogen and oxygen atoms in total. The highest BCUT2D eigenvalue weighted by Crippen LogP contribution is 2.44. The molecule has 2 fully saturated rings. The van der Waals surface area contributed by atoms with Crippen LogP contribution < -0.4 is 10.6 Å². The molecule has 21 heavy (non-hydrogen) atoms. The van der Waals surface area contributed by atoms with Crippen molar-refractivity contribution in [2.45, 2.75) is 31.7 Å². The van der Waals surface area contributed by atoms with Crippen LogP contribution in [0.5, 0.6) is 0 Å². The molecule has 0 radical (unpaired) electrons. The van der Waals surface area contributed by atoms with E-state index in [9.17, 15) is 14.9 Å². The lowest BCUT2D eigenvalue weighted by Gasteiger charge is -2.22. The lowest BCUT2D eigenvalue weighted by Crippen LogP contribution is -2.38. The third-order valence-electron chi connectivity index (χ3n) is 4.78. The first-order valence-electron chi connectivity index (χ1n) is 7.35. The largest absolute Gasteiger partial charge is 0.383 e. The summed E-state index contributed by atoms with van der Waals surface area (Å²) in [6.45, 7) is 0. The molecule has 2 aliphatic rings. The average molecular weight is 289 g/mol. The molecule has 6 heteroatoms. The zero-order chi connectivity index (χ0) is 15.0. The number of hydrogen-bond acceptors (Lipinski definition) is 4. The van der Waals surface area contributed by atoms with Crippen molar-refractivity contribution in [2.75, 3.05) is 12.4 Å². The van der Waals surface area contributed by atoms with Crippen LogP contribution in [-0.4, -0.2) is 23.9 Å². The third kappa shape index (κ3) is 2.57. The highest BCUT2D eigenvalue weighted by molar-refractivity contribution is 5.96. The summed E-state index contributed by atoms with van der Waals surface area (Å²) >= 11 is 0. The standard InChI is InChI=1S/C15H19N3O3/c1-16-12-5-4-11(8-14(12)18(20)21)15(19)17-13-7-9-2-3-10(13)6-9/h4-5,8-10,13,16H,2-3,6-7H2,1H3,(H,17,19). The Morgan fingerprint density at radius 2 is 2.14 bits per heavy atom. The predicted octanol–water partition coefficient (Wildman–Crippen LogP) is 2.55. The van der Waals surface area contributed by atoms with Crippen molar-refractivity contribution in [3.63, 3.8) is 0 Å². The highest BCUT2D eigenvalue weighted by Gasteiger charge is 2.40. The Bertz CT molecular complexity index is 588. The fourth-order valence-electron chi connectivity index (χ4n) is 3.71. The van der Waals surface area contributed by atoms with Crippen LogP contribution in [0.2, 0.25) is 0 Å². The molecule has 112 valence electrons. The Balaban J connectivity index is 1.75. The molecule has 1 amide bonds. The van der Waals surface area contributed by atoms with Gasteiger partial charge >= 0.3 is 0 Å². The first-order chi connectivity index (χ1) is 10.1. The van der Waals surface area contributed by atoms with Crippen LogP contribution in [0.15, 0.2) is 18.2 Å². The third-order valence-corrected chi connectivity index (χ3v) is 4.78. The number of carbonyl (C=O) groups is 1. The molecule has 0 spiro atoms. The molecule has 3 rings (SSSR count). The van der Waals surface area contributed by atoms with E-state index in [0.717, 1.165) is 12.3 Å². The number of hydrogen-bond donors (Lipinski definition) is 2. The van der Waals surface area contributed by atoms with Gasteiger partial charge in [-0.15, -0.1) is 0 Å². The summed E-state index contributed by atoms with van der Waals surface area (Å²) < 4.78 is 0. The van der Waals surface area contributed by atoms with Gasteiger partial charge in [0.1, 0.15) is 5.69 Å². The van der Waals surface area contributed by atoms with E-state index in [-0.39, 0.29) is 17.6 Å². The number of nitrogens with zero attached hydrogens (tertiary/aromatic N) is 1. The summed E-state index contributed by atoms with van der Waals surface area (Å²) in [6, 6.07) is 4.78. The van der Waals surface area contributed by atoms with E-state index in [1.54, 1.807) is 19.2 Å². The second-order valence-electron chi connectivity index (χ2n) is 5.99. The van der Waals surface area contributed by atoms with Crippen molar-refractivity contribution in [3.8, 4) is 0 Å². The number of amides is 1. The second kappa shape index (κ2) is 5.35. The van der Waals surface area contributed by atoms with Gasteiger partial charge in [-0.05, 0) is 43.2 Å². The number of anilines is 1. The maximum atomic E-state index is 12.3. The number of nitro groups is 1. The molecule has 1 aromatic carbocycles. The monoisotopic (exact) mass is 289 g/mol. The van der Waals surface area contributed by atoms with Gasteiger partial charge in [0.05, 0.1) is 4.92 Å². The van der Waals surface area contributed by atoms with Gasteiger partial charge in [-0.2, -0.15) is 0 Å². The summed E-state index contributed by atoms with van der Waals surface area (Å²) in [5, 5.41) is 16.9. The molecule has 2 bridgehead atoms. The minimum atomic E-state index is -0.472. The number of benzene rings is 1. The topological polar surface area (TPSA) is 84.3 Å². The summed E-state index contributed by atoms with van der Waals surface area (Å²) in [7, 11) is 1.62. The molecular weight excluding hydrogens is 270 g/mol. The molecule has 3 atom stereocenters. The Morgan fingerprint density at radius 1 is 1.33 bits per heavy atom. The molecular formula is C15H19N3O3. The Labute approximate surface area is 123 Å². The minimum absolute atomic E-state index is 0.0712.